The summed E-state index contributed by atoms with van der Waals surface area (Å²) in [7, 11) is -3.29. The molecule has 1 heterocycles. The van der Waals surface area contributed by atoms with Gasteiger partial charge < -0.3 is 5.32 Å². The fourth-order valence-corrected chi connectivity index (χ4v) is 4.55. The van der Waals surface area contributed by atoms with Gasteiger partial charge in [-0.3, -0.25) is 9.80 Å². The van der Waals surface area contributed by atoms with Crippen LogP contribution in [0.4, 0.5) is 30.7 Å². The summed E-state index contributed by atoms with van der Waals surface area (Å²) in [5, 5.41) is 6.43. The van der Waals surface area contributed by atoms with Gasteiger partial charge in [0.05, 0.1) is 15.2 Å². The van der Waals surface area contributed by atoms with E-state index in [2.05, 4.69) is 10.4 Å². The highest BCUT2D eigenvalue weighted by Crippen LogP contribution is 2.35. The van der Waals surface area contributed by atoms with Crippen LogP contribution in [-0.2, 0) is 20.8 Å². The second kappa shape index (κ2) is 8.52. The highest BCUT2D eigenvalue weighted by Gasteiger charge is 2.44. The second-order valence-corrected chi connectivity index (χ2v) is 10.4. The summed E-state index contributed by atoms with van der Waals surface area (Å²) in [6.45, 7) is 2.05. The first-order valence-electron chi connectivity index (χ1n) is 9.14. The van der Waals surface area contributed by atoms with Crippen molar-refractivity contribution >= 4 is 21.5 Å². The number of carbonyl (C=O) groups excluding carboxylic acids is 1. The minimum absolute atomic E-state index is 0.168. The molecule has 1 aromatic carbocycles. The fraction of sp³-hybridized carbons (Fsp3) is 0.556. The van der Waals surface area contributed by atoms with Crippen LogP contribution in [0.5, 0.6) is 0 Å². The molecule has 0 aliphatic carbocycles. The number of amides is 1. The van der Waals surface area contributed by atoms with Crippen molar-refractivity contribution in [2.45, 2.75) is 54.7 Å². The molecule has 2 rings (SSSR count). The van der Waals surface area contributed by atoms with Gasteiger partial charge in [-0.05, 0) is 38.5 Å². The van der Waals surface area contributed by atoms with Crippen molar-refractivity contribution < 1.29 is 43.9 Å². The Labute approximate surface area is 179 Å². The Kier molecular flexibility index (Phi) is 6.89. The van der Waals surface area contributed by atoms with Crippen molar-refractivity contribution in [1.82, 2.24) is 10.3 Å². The van der Waals surface area contributed by atoms with Gasteiger partial charge in [0.15, 0.2) is 9.84 Å². The van der Waals surface area contributed by atoms with E-state index in [9.17, 15) is 43.9 Å². The molecule has 1 aliphatic heterocycles. The van der Waals surface area contributed by atoms with Gasteiger partial charge >= 0.3 is 12.4 Å². The number of nitrogens with one attached hydrogen (secondary N) is 1. The molecular weight excluding hydrogens is 471 g/mol. The van der Waals surface area contributed by atoms with Gasteiger partial charge in [-0.1, -0.05) is 0 Å². The summed E-state index contributed by atoms with van der Waals surface area (Å²) in [5.74, 6) is -2.21. The topological polar surface area (TPSA) is 78.8 Å². The number of sulfone groups is 1. The van der Waals surface area contributed by atoms with Gasteiger partial charge in [0.1, 0.15) is 17.6 Å². The van der Waals surface area contributed by atoms with Crippen LogP contribution in [0.25, 0.3) is 0 Å². The lowest BCUT2D eigenvalue weighted by Gasteiger charge is -2.26. The van der Waals surface area contributed by atoms with Crippen LogP contribution >= 0.6 is 0 Å². The average Bonchev–Trinajstić information content (AvgIpc) is 3.02. The minimum atomic E-state index is -4.96. The number of halogens is 7. The number of alkyl halides is 6. The summed E-state index contributed by atoms with van der Waals surface area (Å²) in [4.78, 5) is 11.3. The summed E-state index contributed by atoms with van der Waals surface area (Å²) in [6, 6.07) is -0.290. The smallest absolute Gasteiger partial charge is 0.354 e. The molecule has 0 saturated carbocycles. The Morgan fingerprint density at radius 1 is 1.12 bits per heavy atom. The van der Waals surface area contributed by atoms with E-state index in [1.165, 1.54) is 20.9 Å². The van der Waals surface area contributed by atoms with Crippen molar-refractivity contribution in [3.8, 4) is 0 Å². The normalized spacial score (nSPS) is 18.0. The molecule has 1 aromatic rings. The van der Waals surface area contributed by atoms with Gasteiger partial charge in [-0.15, -0.1) is 0 Å². The first kappa shape index (κ1) is 25.9. The van der Waals surface area contributed by atoms with Crippen LogP contribution < -0.4 is 5.32 Å². The Balaban J connectivity index is 2.09. The molecular formula is C18H20F7N3O3S. The molecule has 1 atom stereocenters. The lowest BCUT2D eigenvalue weighted by atomic mass is 10.1. The first-order chi connectivity index (χ1) is 14.4. The number of rotatable bonds is 6. The molecule has 32 heavy (non-hydrogen) atoms. The van der Waals surface area contributed by atoms with Crippen molar-refractivity contribution in [3.63, 3.8) is 0 Å². The molecule has 1 N–H and O–H groups in total. The zero-order valence-corrected chi connectivity index (χ0v) is 17.9. The standard InChI is InChI=1S/C18H20F7N3O3S/c1-16(2,32(30,31)12-7-10(17(20,21)22)6-11(19)8-12)4-5-26-15(29)13-9-14(18(23,24)25)27-28(13)3/h6-8,13H,4-5,9H2,1-3H3,(H,26,29). The Morgan fingerprint density at radius 2 is 1.72 bits per heavy atom. The third-order valence-electron chi connectivity index (χ3n) is 5.01. The third-order valence-corrected chi connectivity index (χ3v) is 7.52. The molecule has 1 amide bonds. The summed E-state index contributed by atoms with van der Waals surface area (Å²) < 4.78 is 115. The molecule has 0 spiro atoms. The summed E-state index contributed by atoms with van der Waals surface area (Å²) >= 11 is 0. The molecule has 0 saturated heterocycles. The first-order valence-corrected chi connectivity index (χ1v) is 10.6. The predicted molar refractivity (Wildman–Crippen MR) is 100.0 cm³/mol. The van der Waals surface area contributed by atoms with E-state index in [0.29, 0.717) is 12.1 Å². The van der Waals surface area contributed by atoms with Gasteiger partial charge in [-0.2, -0.15) is 31.4 Å². The van der Waals surface area contributed by atoms with Crippen LogP contribution in [0.1, 0.15) is 32.3 Å². The van der Waals surface area contributed by atoms with Gasteiger partial charge in [0, 0.05) is 20.0 Å². The summed E-state index contributed by atoms with van der Waals surface area (Å²) in [5.41, 5.74) is -2.60. The summed E-state index contributed by atoms with van der Waals surface area (Å²) in [6.07, 6.45) is -10.6. The van der Waals surface area contributed by atoms with E-state index in [-0.39, 0.29) is 19.0 Å². The highest BCUT2D eigenvalue weighted by atomic mass is 32.2. The maximum Gasteiger partial charge on any atom is 0.431 e. The van der Waals surface area contributed by atoms with Crippen molar-refractivity contribution in [2.24, 2.45) is 5.10 Å². The number of nitrogens with zero attached hydrogens (tertiary/aromatic N) is 2. The third kappa shape index (κ3) is 5.51. The number of benzene rings is 1. The fourth-order valence-electron chi connectivity index (χ4n) is 2.99. The van der Waals surface area contributed by atoms with Gasteiger partial charge in [0.2, 0.25) is 5.91 Å². The Hall–Kier alpha value is -2.38. The Bertz CT molecular complexity index is 1020. The number of carbonyl (C=O) groups is 1. The molecule has 0 bridgehead atoms. The maximum absolute atomic E-state index is 13.6. The van der Waals surface area contributed by atoms with E-state index < -0.39 is 67.3 Å². The monoisotopic (exact) mass is 491 g/mol. The van der Waals surface area contributed by atoms with Crippen LogP contribution in [-0.4, -0.2) is 55.6 Å². The van der Waals surface area contributed by atoms with Crippen molar-refractivity contribution in [2.75, 3.05) is 13.6 Å². The van der Waals surface area contributed by atoms with Crippen molar-refractivity contribution in [1.29, 1.82) is 0 Å². The molecule has 0 radical (unpaired) electrons. The zero-order valence-electron chi connectivity index (χ0n) is 17.1. The van der Waals surface area contributed by atoms with Gasteiger partial charge in [-0.25, -0.2) is 12.8 Å². The SMILES string of the molecule is CN1N=C(C(F)(F)F)CC1C(=O)NCCC(C)(C)S(=O)(=O)c1cc(F)cc(C(F)(F)F)c1. The minimum Gasteiger partial charge on any atom is -0.354 e. The largest absolute Gasteiger partial charge is 0.431 e. The average molecular weight is 491 g/mol. The predicted octanol–water partition coefficient (Wildman–Crippen LogP) is 3.53. The zero-order chi connectivity index (χ0) is 24.7. The molecule has 0 aromatic heterocycles. The molecule has 14 heteroatoms. The highest BCUT2D eigenvalue weighted by molar-refractivity contribution is 7.92. The molecule has 180 valence electrons. The molecule has 1 aliphatic rings. The quantitative estimate of drug-likeness (QED) is 0.618. The maximum atomic E-state index is 13.6. The van der Waals surface area contributed by atoms with E-state index in [1.807, 2.05) is 0 Å². The van der Waals surface area contributed by atoms with E-state index in [0.717, 1.165) is 5.01 Å². The van der Waals surface area contributed by atoms with Gasteiger partial charge in [0.25, 0.3) is 0 Å². The van der Waals surface area contributed by atoms with Crippen molar-refractivity contribution in [3.05, 3.63) is 29.6 Å². The van der Waals surface area contributed by atoms with E-state index >= 15 is 0 Å². The lowest BCUT2D eigenvalue weighted by molar-refractivity contribution is -0.138. The number of likely N-dealkylation sites (N-methyl/N-ethyl adjacent to an activating group) is 1. The van der Waals surface area contributed by atoms with Crippen LogP contribution in [0.2, 0.25) is 0 Å². The Morgan fingerprint density at radius 3 is 2.22 bits per heavy atom. The number of hydrazone groups is 1. The molecule has 0 fully saturated rings. The second-order valence-electron chi connectivity index (χ2n) is 7.82. The van der Waals surface area contributed by atoms with Crippen LogP contribution in [0.3, 0.4) is 0 Å². The molecule has 6 nitrogen and oxygen atoms in total. The molecule has 1 unspecified atom stereocenters. The van der Waals surface area contributed by atoms with E-state index in [4.69, 9.17) is 0 Å². The van der Waals surface area contributed by atoms with E-state index in [1.54, 1.807) is 0 Å². The number of hydrogen-bond donors (Lipinski definition) is 1. The lowest BCUT2D eigenvalue weighted by Crippen LogP contribution is -2.44. The van der Waals surface area contributed by atoms with Crippen LogP contribution in [0.15, 0.2) is 28.2 Å². The van der Waals surface area contributed by atoms with Crippen LogP contribution in [0, 0.1) is 5.82 Å². The number of hydrogen-bond acceptors (Lipinski definition) is 5.